The van der Waals surface area contributed by atoms with Gasteiger partial charge in [0.2, 0.25) is 15.9 Å². The monoisotopic (exact) mass is 477 g/mol. The van der Waals surface area contributed by atoms with E-state index < -0.39 is 10.0 Å². The first-order valence-corrected chi connectivity index (χ1v) is 13.5. The first-order valence-electron chi connectivity index (χ1n) is 10.1. The minimum absolute atomic E-state index is 0.161. The van der Waals surface area contributed by atoms with E-state index in [2.05, 4.69) is 10.3 Å². The molecule has 1 heterocycles. The molecule has 0 atom stereocenters. The summed E-state index contributed by atoms with van der Waals surface area (Å²) in [4.78, 5) is 17.3. The molecule has 0 aliphatic carbocycles. The maximum Gasteiger partial charge on any atom is 0.243 e. The number of hydrogen-bond acceptors (Lipinski definition) is 6. The van der Waals surface area contributed by atoms with E-state index in [0.717, 1.165) is 26.4 Å². The van der Waals surface area contributed by atoms with E-state index in [4.69, 9.17) is 0 Å². The Morgan fingerprint density at radius 1 is 1.16 bits per heavy atom. The molecule has 166 valence electrons. The highest BCUT2D eigenvalue weighted by atomic mass is 32.2. The number of para-hydroxylation sites is 1. The summed E-state index contributed by atoms with van der Waals surface area (Å²) in [6.07, 6.45) is 0. The van der Waals surface area contributed by atoms with Crippen molar-refractivity contribution in [2.24, 2.45) is 0 Å². The van der Waals surface area contributed by atoms with Gasteiger partial charge in [-0.15, -0.1) is 23.1 Å². The first kappa shape index (κ1) is 23.7. The van der Waals surface area contributed by atoms with Crippen molar-refractivity contribution in [1.29, 1.82) is 0 Å². The summed E-state index contributed by atoms with van der Waals surface area (Å²) in [5.41, 5.74) is 3.20. The van der Waals surface area contributed by atoms with Crippen molar-refractivity contribution in [1.82, 2.24) is 9.29 Å². The van der Waals surface area contributed by atoms with Crippen molar-refractivity contribution in [2.45, 2.75) is 38.3 Å². The number of fused-ring (bicyclic) bond motifs is 1. The summed E-state index contributed by atoms with van der Waals surface area (Å²) >= 11 is 3.12. The molecule has 31 heavy (non-hydrogen) atoms. The lowest BCUT2D eigenvalue weighted by Gasteiger charge is -2.20. The van der Waals surface area contributed by atoms with Gasteiger partial charge >= 0.3 is 0 Å². The largest absolute Gasteiger partial charge is 0.325 e. The van der Waals surface area contributed by atoms with E-state index in [-0.39, 0.29) is 16.6 Å². The molecule has 0 saturated heterocycles. The Bertz CT molecular complexity index is 1150. The van der Waals surface area contributed by atoms with E-state index in [0.29, 0.717) is 24.5 Å². The molecule has 3 rings (SSSR count). The smallest absolute Gasteiger partial charge is 0.243 e. The Hall–Kier alpha value is -1.94. The van der Waals surface area contributed by atoms with Crippen LogP contribution in [0, 0.1) is 13.8 Å². The van der Waals surface area contributed by atoms with E-state index >= 15 is 0 Å². The number of nitrogens with zero attached hydrogens (tertiary/aromatic N) is 2. The van der Waals surface area contributed by atoms with Gasteiger partial charge in [0.25, 0.3) is 0 Å². The highest BCUT2D eigenvalue weighted by molar-refractivity contribution is 7.99. The summed E-state index contributed by atoms with van der Waals surface area (Å²) < 4.78 is 28.4. The van der Waals surface area contributed by atoms with Crippen molar-refractivity contribution in [3.05, 3.63) is 52.5 Å². The third-order valence-corrected chi connectivity index (χ3v) is 9.25. The number of thiazole rings is 1. The number of anilines is 1. The summed E-state index contributed by atoms with van der Waals surface area (Å²) in [5.74, 6) is 0.758. The zero-order chi connectivity index (χ0) is 22.6. The second-order valence-corrected chi connectivity index (χ2v) is 11.2. The molecule has 1 aromatic heterocycles. The van der Waals surface area contributed by atoms with E-state index in [9.17, 15) is 13.2 Å². The van der Waals surface area contributed by atoms with Crippen LogP contribution in [0.25, 0.3) is 10.2 Å². The van der Waals surface area contributed by atoms with Gasteiger partial charge in [-0.3, -0.25) is 4.79 Å². The molecule has 0 radical (unpaired) electrons. The maximum absolute atomic E-state index is 12.9. The van der Waals surface area contributed by atoms with Crippen LogP contribution in [0.5, 0.6) is 0 Å². The molecule has 0 saturated carbocycles. The van der Waals surface area contributed by atoms with Gasteiger partial charge in [-0.05, 0) is 49.2 Å². The first-order chi connectivity index (χ1) is 14.8. The zero-order valence-electron chi connectivity index (χ0n) is 18.1. The van der Waals surface area contributed by atoms with Gasteiger partial charge in [0.05, 0.1) is 20.9 Å². The van der Waals surface area contributed by atoms with Crippen molar-refractivity contribution in [3.8, 4) is 0 Å². The van der Waals surface area contributed by atoms with Crippen LogP contribution < -0.4 is 5.32 Å². The highest BCUT2D eigenvalue weighted by Crippen LogP contribution is 2.27. The Balaban J connectivity index is 1.68. The van der Waals surface area contributed by atoms with Crippen LogP contribution in [0.1, 0.15) is 30.0 Å². The summed E-state index contributed by atoms with van der Waals surface area (Å²) in [5, 5.41) is 3.88. The summed E-state index contributed by atoms with van der Waals surface area (Å²) in [6.45, 7) is 8.16. The fraction of sp³-hybridized carbons (Fsp3) is 0.364. The van der Waals surface area contributed by atoms with Gasteiger partial charge in [0, 0.05) is 24.5 Å². The number of aryl methyl sites for hydroxylation is 1. The number of benzene rings is 2. The third-order valence-electron chi connectivity index (χ3n) is 5.06. The maximum atomic E-state index is 12.9. The molecule has 3 aromatic rings. The summed E-state index contributed by atoms with van der Waals surface area (Å²) in [7, 11) is -3.59. The number of thioether (sulfide) groups is 1. The predicted molar refractivity (Wildman–Crippen MR) is 130 cm³/mol. The SMILES string of the molecule is CCN(CC)S(=O)(=O)c1cc(C)c(C)c(NC(=O)CSCc2nc3ccccc3s2)c1. The molecule has 0 unspecified atom stereocenters. The van der Waals surface area contributed by atoms with E-state index in [1.807, 2.05) is 52.0 Å². The van der Waals surface area contributed by atoms with Gasteiger partial charge in [0.1, 0.15) is 5.01 Å². The number of carbonyl (C=O) groups is 1. The molecule has 1 N–H and O–H groups in total. The Labute approximate surface area is 192 Å². The van der Waals surface area contributed by atoms with Crippen LogP contribution in [0.2, 0.25) is 0 Å². The molecule has 0 aliphatic rings. The number of carbonyl (C=O) groups excluding carboxylic acids is 1. The van der Waals surface area contributed by atoms with Gasteiger partial charge in [-0.2, -0.15) is 4.31 Å². The Kier molecular flexibility index (Phi) is 7.74. The molecule has 0 bridgehead atoms. The minimum Gasteiger partial charge on any atom is -0.325 e. The number of nitrogens with one attached hydrogen (secondary N) is 1. The van der Waals surface area contributed by atoms with Crippen LogP contribution in [-0.4, -0.2) is 42.5 Å². The molecule has 0 spiro atoms. The molecular weight excluding hydrogens is 450 g/mol. The van der Waals surface area contributed by atoms with Crippen molar-refractivity contribution in [3.63, 3.8) is 0 Å². The van der Waals surface area contributed by atoms with E-state index in [1.54, 1.807) is 23.5 Å². The fourth-order valence-corrected chi connectivity index (χ4v) is 6.63. The lowest BCUT2D eigenvalue weighted by atomic mass is 10.1. The quantitative estimate of drug-likeness (QED) is 0.478. The topological polar surface area (TPSA) is 79.4 Å². The number of hydrogen-bond donors (Lipinski definition) is 1. The average molecular weight is 478 g/mol. The normalized spacial score (nSPS) is 11.9. The van der Waals surface area contributed by atoms with E-state index in [1.165, 1.54) is 16.1 Å². The standard InChI is InChI=1S/C22H27N3O3S3/c1-5-25(6-2)31(27,28)17-11-15(3)16(4)19(12-17)23-21(26)13-29-14-22-24-18-9-7-8-10-20(18)30-22/h7-12H,5-6,13-14H2,1-4H3,(H,23,26). The molecule has 1 amide bonds. The highest BCUT2D eigenvalue weighted by Gasteiger charge is 2.23. The Morgan fingerprint density at radius 2 is 1.87 bits per heavy atom. The minimum atomic E-state index is -3.59. The average Bonchev–Trinajstić information content (AvgIpc) is 3.14. The molecular formula is C22H27N3O3S3. The second-order valence-electron chi connectivity index (χ2n) is 7.12. The lowest BCUT2D eigenvalue weighted by molar-refractivity contribution is -0.113. The number of amides is 1. The van der Waals surface area contributed by atoms with Crippen LogP contribution in [0.15, 0.2) is 41.3 Å². The molecule has 0 fully saturated rings. The van der Waals surface area contributed by atoms with Gasteiger partial charge in [-0.25, -0.2) is 13.4 Å². The number of rotatable bonds is 9. The van der Waals surface area contributed by atoms with Crippen LogP contribution in [0.3, 0.4) is 0 Å². The summed E-state index contributed by atoms with van der Waals surface area (Å²) in [6, 6.07) is 11.2. The number of aromatic nitrogens is 1. The van der Waals surface area contributed by atoms with Gasteiger partial charge in [0.15, 0.2) is 0 Å². The van der Waals surface area contributed by atoms with Crippen molar-refractivity contribution >= 4 is 54.9 Å². The molecule has 0 aliphatic heterocycles. The predicted octanol–water partition coefficient (Wildman–Crippen LogP) is 4.82. The van der Waals surface area contributed by atoms with Crippen LogP contribution in [0.4, 0.5) is 5.69 Å². The van der Waals surface area contributed by atoms with Crippen molar-refractivity contribution in [2.75, 3.05) is 24.2 Å². The second kappa shape index (κ2) is 10.1. The molecule has 9 heteroatoms. The molecule has 6 nitrogen and oxygen atoms in total. The van der Waals surface area contributed by atoms with Crippen molar-refractivity contribution < 1.29 is 13.2 Å². The molecule has 2 aromatic carbocycles. The Morgan fingerprint density at radius 3 is 2.55 bits per heavy atom. The lowest BCUT2D eigenvalue weighted by Crippen LogP contribution is -2.30. The van der Waals surface area contributed by atoms with Crippen LogP contribution in [-0.2, 0) is 20.6 Å². The number of sulfonamides is 1. The zero-order valence-corrected chi connectivity index (χ0v) is 20.6. The van der Waals surface area contributed by atoms with Gasteiger partial charge in [-0.1, -0.05) is 26.0 Å². The van der Waals surface area contributed by atoms with Crippen LogP contribution >= 0.6 is 23.1 Å². The third kappa shape index (κ3) is 5.46. The fourth-order valence-electron chi connectivity index (χ4n) is 3.22. The van der Waals surface area contributed by atoms with Gasteiger partial charge < -0.3 is 5.32 Å².